The number of hydrogen-bond donors (Lipinski definition) is 1. The van der Waals surface area contributed by atoms with Crippen LogP contribution >= 0.6 is 0 Å². The third-order valence-electron chi connectivity index (χ3n) is 4.86. The smallest absolute Gasteiger partial charge is 0.214 e. The average molecular weight is 302 g/mol. The van der Waals surface area contributed by atoms with E-state index in [0.717, 1.165) is 38.5 Å². The molecule has 0 aromatic carbocycles. The molecule has 0 atom stereocenters. The Kier molecular flexibility index (Phi) is 6.30. The minimum Gasteiger partial charge on any atom is -0.329 e. The lowest BCUT2D eigenvalue weighted by Gasteiger charge is -2.34. The van der Waals surface area contributed by atoms with Gasteiger partial charge in [0.15, 0.2) is 0 Å². The lowest BCUT2D eigenvalue weighted by atomic mass is 9.91. The van der Waals surface area contributed by atoms with E-state index in [9.17, 15) is 8.42 Å². The first kappa shape index (κ1) is 16.2. The summed E-state index contributed by atoms with van der Waals surface area (Å²) in [5.41, 5.74) is 5.66. The minimum absolute atomic E-state index is 0.209. The van der Waals surface area contributed by atoms with Gasteiger partial charge in [-0.25, -0.2) is 8.42 Å². The molecular weight excluding hydrogens is 272 g/mol. The monoisotopic (exact) mass is 302 g/mol. The molecule has 4 nitrogen and oxygen atoms in total. The fraction of sp³-hybridized carbons (Fsp3) is 1.00. The van der Waals surface area contributed by atoms with Crippen molar-refractivity contribution in [2.45, 2.75) is 70.3 Å². The molecule has 0 aliphatic heterocycles. The van der Waals surface area contributed by atoms with Gasteiger partial charge in [-0.1, -0.05) is 38.5 Å². The van der Waals surface area contributed by atoms with Crippen molar-refractivity contribution in [3.63, 3.8) is 0 Å². The Hall–Kier alpha value is -0.130. The minimum atomic E-state index is -3.13. The van der Waals surface area contributed by atoms with Gasteiger partial charge >= 0.3 is 0 Å². The molecule has 0 spiro atoms. The standard InChI is InChI=1S/C15H30N2O2S/c16-11-12-17(15-9-5-2-6-10-15)20(18,19)13-14-7-3-1-4-8-14/h14-15H,1-13,16H2. The van der Waals surface area contributed by atoms with Crippen molar-refractivity contribution in [3.8, 4) is 0 Å². The normalized spacial score (nSPS) is 23.3. The lowest BCUT2D eigenvalue weighted by molar-refractivity contribution is 0.254. The van der Waals surface area contributed by atoms with E-state index in [-0.39, 0.29) is 6.04 Å². The van der Waals surface area contributed by atoms with Crippen molar-refractivity contribution in [3.05, 3.63) is 0 Å². The number of sulfonamides is 1. The van der Waals surface area contributed by atoms with Gasteiger partial charge in [0, 0.05) is 19.1 Å². The van der Waals surface area contributed by atoms with E-state index in [1.54, 1.807) is 4.31 Å². The molecule has 2 N–H and O–H groups in total. The average Bonchev–Trinajstić information content (AvgIpc) is 2.46. The Labute approximate surface area is 124 Å². The van der Waals surface area contributed by atoms with Gasteiger partial charge in [0.1, 0.15) is 0 Å². The van der Waals surface area contributed by atoms with Gasteiger partial charge in [-0.3, -0.25) is 0 Å². The molecule has 2 rings (SSSR count). The molecule has 2 fully saturated rings. The summed E-state index contributed by atoms with van der Waals surface area (Å²) in [6, 6.07) is 0.209. The highest BCUT2D eigenvalue weighted by Crippen LogP contribution is 2.29. The summed E-state index contributed by atoms with van der Waals surface area (Å²) >= 11 is 0. The zero-order chi connectivity index (χ0) is 14.4. The lowest BCUT2D eigenvalue weighted by Crippen LogP contribution is -2.46. The number of nitrogens with zero attached hydrogens (tertiary/aromatic N) is 1. The maximum atomic E-state index is 12.8. The molecule has 0 heterocycles. The van der Waals surface area contributed by atoms with Gasteiger partial charge in [0.25, 0.3) is 0 Å². The highest BCUT2D eigenvalue weighted by atomic mass is 32.2. The van der Waals surface area contributed by atoms with E-state index in [1.807, 2.05) is 0 Å². The number of nitrogens with two attached hydrogens (primary N) is 1. The van der Waals surface area contributed by atoms with Crippen molar-refractivity contribution in [1.29, 1.82) is 0 Å². The van der Waals surface area contributed by atoms with Crippen LogP contribution in [0.15, 0.2) is 0 Å². The predicted octanol–water partition coefficient (Wildman–Crippen LogP) is 2.49. The largest absolute Gasteiger partial charge is 0.329 e. The SMILES string of the molecule is NCCN(C1CCCCC1)S(=O)(=O)CC1CCCCC1. The topological polar surface area (TPSA) is 63.4 Å². The van der Waals surface area contributed by atoms with E-state index in [1.165, 1.54) is 25.7 Å². The van der Waals surface area contributed by atoms with Crippen molar-refractivity contribution < 1.29 is 8.42 Å². The van der Waals surface area contributed by atoms with Crippen LogP contribution in [-0.2, 0) is 10.0 Å². The summed E-state index contributed by atoms with van der Waals surface area (Å²) in [4.78, 5) is 0. The Bertz CT molecular complexity index is 371. The molecule has 20 heavy (non-hydrogen) atoms. The van der Waals surface area contributed by atoms with Gasteiger partial charge in [0.2, 0.25) is 10.0 Å². The molecule has 5 heteroatoms. The van der Waals surface area contributed by atoms with Crippen LogP contribution in [0.25, 0.3) is 0 Å². The summed E-state index contributed by atoms with van der Waals surface area (Å²) in [6.45, 7) is 0.931. The van der Waals surface area contributed by atoms with Crippen molar-refractivity contribution in [2.75, 3.05) is 18.8 Å². The predicted molar refractivity (Wildman–Crippen MR) is 83.0 cm³/mol. The Morgan fingerprint density at radius 2 is 1.45 bits per heavy atom. The molecule has 2 saturated carbocycles. The summed E-state index contributed by atoms with van der Waals surface area (Å²) in [5, 5.41) is 0. The molecule has 2 aliphatic rings. The fourth-order valence-electron chi connectivity index (χ4n) is 3.79. The maximum absolute atomic E-state index is 12.8. The van der Waals surface area contributed by atoms with E-state index < -0.39 is 10.0 Å². The zero-order valence-corrected chi connectivity index (χ0v) is 13.4. The van der Waals surface area contributed by atoms with Gasteiger partial charge < -0.3 is 5.73 Å². The molecule has 118 valence electrons. The summed E-state index contributed by atoms with van der Waals surface area (Å²) in [7, 11) is -3.13. The van der Waals surface area contributed by atoms with Gasteiger partial charge in [-0.05, 0) is 31.6 Å². The second kappa shape index (κ2) is 7.76. The molecule has 2 aliphatic carbocycles. The first-order valence-corrected chi connectivity index (χ1v) is 9.94. The summed E-state index contributed by atoms with van der Waals surface area (Å²) < 4.78 is 27.3. The van der Waals surface area contributed by atoms with Crippen LogP contribution in [0.3, 0.4) is 0 Å². The molecular formula is C15H30N2O2S. The highest BCUT2D eigenvalue weighted by molar-refractivity contribution is 7.89. The van der Waals surface area contributed by atoms with Crippen LogP contribution in [0.1, 0.15) is 64.2 Å². The molecule has 0 aromatic rings. The second-order valence-corrected chi connectivity index (χ2v) is 8.44. The number of hydrogen-bond acceptors (Lipinski definition) is 3. The molecule has 0 bridgehead atoms. The summed E-state index contributed by atoms with van der Waals surface area (Å²) in [6.07, 6.45) is 11.4. The maximum Gasteiger partial charge on any atom is 0.214 e. The van der Waals surface area contributed by atoms with Crippen LogP contribution in [0, 0.1) is 5.92 Å². The Morgan fingerprint density at radius 3 is 2.00 bits per heavy atom. The quantitative estimate of drug-likeness (QED) is 0.820. The van der Waals surface area contributed by atoms with Crippen molar-refractivity contribution >= 4 is 10.0 Å². The third-order valence-corrected chi connectivity index (χ3v) is 6.95. The van der Waals surface area contributed by atoms with Crippen molar-refractivity contribution in [1.82, 2.24) is 4.31 Å². The van der Waals surface area contributed by atoms with Gasteiger partial charge in [0.05, 0.1) is 5.75 Å². The molecule has 0 aromatic heterocycles. The molecule has 0 radical (unpaired) electrons. The van der Waals surface area contributed by atoms with Gasteiger partial charge in [-0.15, -0.1) is 0 Å². The van der Waals surface area contributed by atoms with Crippen molar-refractivity contribution in [2.24, 2.45) is 11.7 Å². The van der Waals surface area contributed by atoms with Gasteiger partial charge in [-0.2, -0.15) is 4.31 Å². The molecule has 0 unspecified atom stereocenters. The zero-order valence-electron chi connectivity index (χ0n) is 12.6. The number of rotatable bonds is 6. The van der Waals surface area contributed by atoms with Crippen LogP contribution < -0.4 is 5.73 Å². The van der Waals surface area contributed by atoms with E-state index in [4.69, 9.17) is 5.73 Å². The van der Waals surface area contributed by atoms with E-state index in [2.05, 4.69) is 0 Å². The second-order valence-electron chi connectivity index (χ2n) is 6.47. The Morgan fingerprint density at radius 1 is 0.900 bits per heavy atom. The van der Waals surface area contributed by atoms with E-state index >= 15 is 0 Å². The van der Waals surface area contributed by atoms with E-state index in [0.29, 0.717) is 24.8 Å². The van der Waals surface area contributed by atoms with Crippen LogP contribution in [-0.4, -0.2) is 37.6 Å². The molecule has 0 saturated heterocycles. The first-order valence-electron chi connectivity index (χ1n) is 8.33. The first-order chi connectivity index (χ1) is 9.63. The highest BCUT2D eigenvalue weighted by Gasteiger charge is 2.32. The van der Waals surface area contributed by atoms with Crippen LogP contribution in [0.5, 0.6) is 0 Å². The fourth-order valence-corrected chi connectivity index (χ4v) is 5.96. The third kappa shape index (κ3) is 4.43. The Balaban J connectivity index is 2.01. The molecule has 0 amide bonds. The van der Waals surface area contributed by atoms with Crippen LogP contribution in [0.2, 0.25) is 0 Å². The van der Waals surface area contributed by atoms with Crippen LogP contribution in [0.4, 0.5) is 0 Å². The summed E-state index contributed by atoms with van der Waals surface area (Å²) in [5.74, 6) is 0.723.